The number of carbonyl (C=O) groups is 1. The molecule has 0 aliphatic heterocycles. The van der Waals surface area contributed by atoms with Crippen molar-refractivity contribution in [2.24, 2.45) is 5.92 Å². The van der Waals surface area contributed by atoms with E-state index in [1.165, 1.54) is 12.8 Å². The van der Waals surface area contributed by atoms with Crippen LogP contribution in [0.2, 0.25) is 0 Å². The van der Waals surface area contributed by atoms with E-state index in [0.29, 0.717) is 0 Å². The third-order valence-electron chi connectivity index (χ3n) is 2.91. The molecule has 0 saturated heterocycles. The zero-order valence-corrected chi connectivity index (χ0v) is 9.30. The Labute approximate surface area is 81.7 Å². The van der Waals surface area contributed by atoms with E-state index in [2.05, 4.69) is 6.92 Å². The number of carbonyl (C=O) groups excluding carboxylic acids is 1. The molecule has 0 aromatic rings. The van der Waals surface area contributed by atoms with Crippen molar-refractivity contribution in [2.75, 3.05) is 7.11 Å². The molecule has 0 saturated carbocycles. The molecule has 0 aromatic carbocycles. The molecule has 0 bridgehead atoms. The van der Waals surface area contributed by atoms with E-state index < -0.39 is 0 Å². The van der Waals surface area contributed by atoms with Crippen LogP contribution in [0.3, 0.4) is 0 Å². The first kappa shape index (κ1) is 12.6. The topological polar surface area (TPSA) is 26.3 Å². The average molecular weight is 186 g/mol. The molecular weight excluding hydrogens is 164 g/mol. The van der Waals surface area contributed by atoms with E-state index in [-0.39, 0.29) is 11.5 Å². The predicted molar refractivity (Wildman–Crippen MR) is 54.8 cm³/mol. The lowest BCUT2D eigenvalue weighted by Crippen LogP contribution is -2.36. The van der Waals surface area contributed by atoms with Crippen molar-refractivity contribution in [2.45, 2.75) is 52.1 Å². The minimum absolute atomic E-state index is 0.0191. The first-order chi connectivity index (χ1) is 6.10. The molecule has 0 amide bonds. The molecule has 0 spiro atoms. The summed E-state index contributed by atoms with van der Waals surface area (Å²) in [5, 5.41) is 0. The Morgan fingerprint density at radius 3 is 2.46 bits per heavy atom. The number of unbranched alkanes of at least 4 members (excludes halogenated alkanes) is 2. The minimum atomic E-state index is -0.267. The summed E-state index contributed by atoms with van der Waals surface area (Å²) in [5.74, 6) is -0.0191. The summed E-state index contributed by atoms with van der Waals surface area (Å²) in [4.78, 5) is 10.7. The lowest BCUT2D eigenvalue weighted by atomic mass is 9.86. The van der Waals surface area contributed by atoms with Gasteiger partial charge in [0.15, 0.2) is 0 Å². The lowest BCUT2D eigenvalue weighted by molar-refractivity contribution is -0.121. The maximum absolute atomic E-state index is 10.7. The van der Waals surface area contributed by atoms with E-state index in [1.54, 1.807) is 7.11 Å². The van der Waals surface area contributed by atoms with Gasteiger partial charge in [-0.3, -0.25) is 0 Å². The fraction of sp³-hybridized carbons (Fsp3) is 0.909. The molecule has 0 fully saturated rings. The fourth-order valence-electron chi connectivity index (χ4n) is 1.39. The summed E-state index contributed by atoms with van der Waals surface area (Å²) < 4.78 is 5.41. The summed E-state index contributed by atoms with van der Waals surface area (Å²) in [6.45, 7) is 6.11. The molecule has 0 N–H and O–H groups in total. The van der Waals surface area contributed by atoms with Gasteiger partial charge in [0.1, 0.15) is 6.29 Å². The Kier molecular flexibility index (Phi) is 5.97. The Bertz CT molecular complexity index is 145. The Morgan fingerprint density at radius 1 is 1.46 bits per heavy atom. The van der Waals surface area contributed by atoms with Crippen LogP contribution in [0, 0.1) is 5.92 Å². The molecule has 0 aliphatic carbocycles. The van der Waals surface area contributed by atoms with Crippen LogP contribution in [-0.2, 0) is 9.53 Å². The Hall–Kier alpha value is -0.370. The summed E-state index contributed by atoms with van der Waals surface area (Å²) >= 11 is 0. The van der Waals surface area contributed by atoms with Gasteiger partial charge < -0.3 is 9.53 Å². The highest BCUT2D eigenvalue weighted by Crippen LogP contribution is 2.26. The van der Waals surface area contributed by atoms with E-state index in [9.17, 15) is 4.79 Å². The zero-order valence-electron chi connectivity index (χ0n) is 9.30. The fourth-order valence-corrected chi connectivity index (χ4v) is 1.39. The molecule has 2 atom stereocenters. The SMILES string of the molecule is CCCCCC(C)(OC)C(C)C=O. The van der Waals surface area contributed by atoms with Gasteiger partial charge in [0, 0.05) is 13.0 Å². The number of hydrogen-bond donors (Lipinski definition) is 0. The number of rotatable bonds is 7. The van der Waals surface area contributed by atoms with E-state index >= 15 is 0 Å². The molecule has 0 radical (unpaired) electrons. The number of ether oxygens (including phenoxy) is 1. The first-order valence-electron chi connectivity index (χ1n) is 5.11. The second-order valence-corrected chi connectivity index (χ2v) is 3.90. The zero-order chi connectivity index (χ0) is 10.3. The van der Waals surface area contributed by atoms with Crippen LogP contribution in [0.1, 0.15) is 46.5 Å². The van der Waals surface area contributed by atoms with E-state index in [4.69, 9.17) is 4.74 Å². The predicted octanol–water partition coefficient (Wildman–Crippen LogP) is 2.81. The minimum Gasteiger partial charge on any atom is -0.378 e. The Morgan fingerprint density at radius 2 is 2.08 bits per heavy atom. The number of methoxy groups -OCH3 is 1. The molecule has 13 heavy (non-hydrogen) atoms. The van der Waals surface area contributed by atoms with Crippen molar-refractivity contribution in [3.63, 3.8) is 0 Å². The van der Waals surface area contributed by atoms with Crippen LogP contribution in [0.15, 0.2) is 0 Å². The van der Waals surface area contributed by atoms with E-state index in [1.807, 2.05) is 13.8 Å². The maximum Gasteiger partial charge on any atom is 0.125 e. The number of aldehydes is 1. The van der Waals surface area contributed by atoms with Gasteiger partial charge in [-0.1, -0.05) is 33.1 Å². The van der Waals surface area contributed by atoms with Crippen LogP contribution in [0.5, 0.6) is 0 Å². The van der Waals surface area contributed by atoms with Gasteiger partial charge in [-0.25, -0.2) is 0 Å². The van der Waals surface area contributed by atoms with Crippen molar-refractivity contribution in [3.8, 4) is 0 Å². The van der Waals surface area contributed by atoms with Crippen LogP contribution < -0.4 is 0 Å². The molecule has 2 heteroatoms. The van der Waals surface area contributed by atoms with Crippen molar-refractivity contribution in [1.29, 1.82) is 0 Å². The largest absolute Gasteiger partial charge is 0.378 e. The molecular formula is C11H22O2. The second kappa shape index (κ2) is 6.14. The van der Waals surface area contributed by atoms with Gasteiger partial charge >= 0.3 is 0 Å². The molecule has 0 aliphatic rings. The molecule has 78 valence electrons. The first-order valence-corrected chi connectivity index (χ1v) is 5.11. The highest BCUT2D eigenvalue weighted by Gasteiger charge is 2.29. The lowest BCUT2D eigenvalue weighted by Gasteiger charge is -2.31. The molecule has 0 heterocycles. The van der Waals surface area contributed by atoms with Crippen LogP contribution in [0.25, 0.3) is 0 Å². The van der Waals surface area contributed by atoms with Gasteiger partial charge in [-0.2, -0.15) is 0 Å². The van der Waals surface area contributed by atoms with Gasteiger partial charge in [0.25, 0.3) is 0 Å². The van der Waals surface area contributed by atoms with Gasteiger partial charge in [0.05, 0.1) is 5.60 Å². The monoisotopic (exact) mass is 186 g/mol. The standard InChI is InChI=1S/C11H22O2/c1-5-6-7-8-11(3,13-4)10(2)9-12/h9-10H,5-8H2,1-4H3. The van der Waals surface area contributed by atoms with Crippen LogP contribution in [-0.4, -0.2) is 19.0 Å². The Balaban J connectivity index is 4.02. The third-order valence-corrected chi connectivity index (χ3v) is 2.91. The van der Waals surface area contributed by atoms with Gasteiger partial charge in [-0.15, -0.1) is 0 Å². The van der Waals surface area contributed by atoms with Crippen molar-refractivity contribution in [1.82, 2.24) is 0 Å². The van der Waals surface area contributed by atoms with Crippen molar-refractivity contribution < 1.29 is 9.53 Å². The summed E-state index contributed by atoms with van der Waals surface area (Å²) in [5.41, 5.74) is -0.267. The molecule has 2 unspecified atom stereocenters. The van der Waals surface area contributed by atoms with Crippen LogP contribution in [0.4, 0.5) is 0 Å². The summed E-state index contributed by atoms with van der Waals surface area (Å²) in [6.07, 6.45) is 5.51. The van der Waals surface area contributed by atoms with Gasteiger partial charge in [0.2, 0.25) is 0 Å². The van der Waals surface area contributed by atoms with Crippen molar-refractivity contribution >= 4 is 6.29 Å². The third kappa shape index (κ3) is 3.90. The summed E-state index contributed by atoms with van der Waals surface area (Å²) in [6, 6.07) is 0. The summed E-state index contributed by atoms with van der Waals surface area (Å²) in [7, 11) is 1.69. The van der Waals surface area contributed by atoms with Crippen molar-refractivity contribution in [3.05, 3.63) is 0 Å². The average Bonchev–Trinajstić information content (AvgIpc) is 2.16. The molecule has 2 nitrogen and oxygen atoms in total. The van der Waals surface area contributed by atoms with Gasteiger partial charge in [-0.05, 0) is 13.3 Å². The molecule has 0 rings (SSSR count). The smallest absolute Gasteiger partial charge is 0.125 e. The highest BCUT2D eigenvalue weighted by molar-refractivity contribution is 5.54. The maximum atomic E-state index is 10.7. The number of hydrogen-bond acceptors (Lipinski definition) is 2. The second-order valence-electron chi connectivity index (χ2n) is 3.90. The van der Waals surface area contributed by atoms with Crippen LogP contribution >= 0.6 is 0 Å². The normalized spacial score (nSPS) is 17.8. The molecule has 0 aromatic heterocycles. The highest BCUT2D eigenvalue weighted by atomic mass is 16.5. The quantitative estimate of drug-likeness (QED) is 0.451. The van der Waals surface area contributed by atoms with E-state index in [0.717, 1.165) is 19.1 Å².